The van der Waals surface area contributed by atoms with Crippen LogP contribution < -0.4 is 5.73 Å². The lowest BCUT2D eigenvalue weighted by atomic mass is 9.48. The Morgan fingerprint density at radius 1 is 1.28 bits per heavy atom. The van der Waals surface area contributed by atoms with E-state index in [-0.39, 0.29) is 28.6 Å². The van der Waals surface area contributed by atoms with Crippen molar-refractivity contribution in [1.29, 1.82) is 0 Å². The molecule has 0 bridgehead atoms. The predicted molar refractivity (Wildman–Crippen MR) is 96.7 cm³/mol. The molecule has 4 N–H and O–H groups in total. The molecule has 4 nitrogen and oxygen atoms in total. The van der Waals surface area contributed by atoms with Gasteiger partial charge in [-0.1, -0.05) is 36.6 Å². The van der Waals surface area contributed by atoms with Gasteiger partial charge in [-0.05, 0) is 50.9 Å². The van der Waals surface area contributed by atoms with E-state index in [0.29, 0.717) is 12.3 Å². The van der Waals surface area contributed by atoms with Gasteiger partial charge in [0.25, 0.3) is 0 Å². The Morgan fingerprint density at radius 3 is 2.76 bits per heavy atom. The molecule has 2 saturated carbocycles. The smallest absolute Gasteiger partial charge is 0.162 e. The Kier molecular flexibility index (Phi) is 4.02. The highest BCUT2D eigenvalue weighted by atomic mass is 16.3. The molecule has 0 saturated heterocycles. The number of allylic oxidation sites excluding steroid dienone is 2. The van der Waals surface area contributed by atoms with Crippen LogP contribution in [0.15, 0.2) is 22.8 Å². The molecule has 3 unspecified atom stereocenters. The molecule has 138 valence electrons. The van der Waals surface area contributed by atoms with Crippen LogP contribution in [0.4, 0.5) is 0 Å². The van der Waals surface area contributed by atoms with Gasteiger partial charge >= 0.3 is 0 Å². The van der Waals surface area contributed by atoms with Crippen molar-refractivity contribution in [3.63, 3.8) is 0 Å². The van der Waals surface area contributed by atoms with Crippen LogP contribution in [0.2, 0.25) is 0 Å². The Labute approximate surface area is 150 Å². The number of Topliss-reactive ketones (excluding diaryl/α,β-unsaturated/α-hetero) is 1. The van der Waals surface area contributed by atoms with Gasteiger partial charge in [0.15, 0.2) is 5.78 Å². The maximum Gasteiger partial charge on any atom is 0.162 e. The predicted octanol–water partition coefficient (Wildman–Crippen LogP) is 2.49. The zero-order chi connectivity index (χ0) is 18.0. The van der Waals surface area contributed by atoms with Crippen LogP contribution in [0.1, 0.15) is 58.8 Å². The number of carbonyl (C=O) groups is 1. The third kappa shape index (κ3) is 2.27. The van der Waals surface area contributed by atoms with E-state index in [2.05, 4.69) is 13.8 Å². The average Bonchev–Trinajstić information content (AvgIpc) is 2.89. The summed E-state index contributed by atoms with van der Waals surface area (Å²) in [5, 5.41) is 19.8. The number of carbonyl (C=O) groups excluding carboxylic acids is 1. The van der Waals surface area contributed by atoms with E-state index < -0.39 is 12.7 Å². The van der Waals surface area contributed by atoms with Gasteiger partial charge in [0.05, 0.1) is 6.10 Å². The van der Waals surface area contributed by atoms with Crippen molar-refractivity contribution in [1.82, 2.24) is 0 Å². The summed E-state index contributed by atoms with van der Waals surface area (Å²) in [6.07, 6.45) is 8.14. The van der Waals surface area contributed by atoms with Crippen molar-refractivity contribution in [2.45, 2.75) is 70.9 Å². The molecule has 4 rings (SSSR count). The fourth-order valence-electron chi connectivity index (χ4n) is 6.66. The molecule has 0 radical (unpaired) electrons. The monoisotopic (exact) mass is 345 g/mol. The Morgan fingerprint density at radius 2 is 2.04 bits per heavy atom. The van der Waals surface area contributed by atoms with Gasteiger partial charge in [0, 0.05) is 22.8 Å². The number of rotatable bonds is 2. The fourth-order valence-corrected chi connectivity index (χ4v) is 6.66. The minimum atomic E-state index is -0.563. The molecule has 0 heterocycles. The quantitative estimate of drug-likeness (QED) is 0.672. The SMILES string of the molecule is C[C@]12CC[C@@H]3C(=C1CCC2N)CCC1=CC(O)CC(C(=O)CO)[C@@]13C. The van der Waals surface area contributed by atoms with Crippen LogP contribution >= 0.6 is 0 Å². The second kappa shape index (κ2) is 5.77. The third-order valence-electron chi connectivity index (χ3n) is 8.19. The number of ketones is 1. The lowest BCUT2D eigenvalue weighted by Crippen LogP contribution is -2.51. The molecule has 4 heteroatoms. The van der Waals surface area contributed by atoms with E-state index in [9.17, 15) is 15.0 Å². The first-order valence-electron chi connectivity index (χ1n) is 9.83. The lowest BCUT2D eigenvalue weighted by molar-refractivity contribution is -0.132. The molecular weight excluding hydrogens is 314 g/mol. The van der Waals surface area contributed by atoms with Gasteiger partial charge in [-0.15, -0.1) is 0 Å². The number of hydrogen-bond donors (Lipinski definition) is 3. The molecule has 6 atom stereocenters. The maximum absolute atomic E-state index is 12.6. The minimum absolute atomic E-state index is 0.116. The number of fused-ring (bicyclic) bond motifs is 4. The molecule has 4 aliphatic rings. The summed E-state index contributed by atoms with van der Waals surface area (Å²) < 4.78 is 0. The van der Waals surface area contributed by atoms with Crippen LogP contribution in [0.3, 0.4) is 0 Å². The van der Waals surface area contributed by atoms with Crippen molar-refractivity contribution < 1.29 is 15.0 Å². The molecule has 0 aromatic heterocycles. The molecule has 0 aromatic carbocycles. The average molecular weight is 345 g/mol. The van der Waals surface area contributed by atoms with Crippen LogP contribution in [-0.2, 0) is 4.79 Å². The molecule has 0 aliphatic heterocycles. The Hall–Kier alpha value is -0.970. The molecule has 25 heavy (non-hydrogen) atoms. The number of nitrogens with two attached hydrogens (primary N) is 1. The van der Waals surface area contributed by atoms with E-state index in [1.807, 2.05) is 6.08 Å². The van der Waals surface area contributed by atoms with Crippen molar-refractivity contribution in [3.8, 4) is 0 Å². The second-order valence-corrected chi connectivity index (χ2v) is 9.11. The lowest BCUT2D eigenvalue weighted by Gasteiger charge is -2.55. The summed E-state index contributed by atoms with van der Waals surface area (Å²) in [5.41, 5.74) is 10.7. The van der Waals surface area contributed by atoms with Crippen molar-refractivity contribution in [3.05, 3.63) is 22.8 Å². The third-order valence-corrected chi connectivity index (χ3v) is 8.19. The Bertz CT molecular complexity index is 666. The molecule has 0 aromatic rings. The summed E-state index contributed by atoms with van der Waals surface area (Å²) in [4.78, 5) is 12.6. The molecule has 0 spiro atoms. The molecular formula is C21H31NO3. The van der Waals surface area contributed by atoms with E-state index in [1.54, 1.807) is 11.1 Å². The van der Waals surface area contributed by atoms with Gasteiger partial charge in [-0.2, -0.15) is 0 Å². The molecule has 2 fully saturated rings. The van der Waals surface area contributed by atoms with Crippen molar-refractivity contribution in [2.24, 2.45) is 28.4 Å². The summed E-state index contributed by atoms with van der Waals surface area (Å²) in [7, 11) is 0. The maximum atomic E-state index is 12.6. The van der Waals surface area contributed by atoms with Gasteiger partial charge in [-0.3, -0.25) is 4.79 Å². The number of aliphatic hydroxyl groups excluding tert-OH is 2. The summed E-state index contributed by atoms with van der Waals surface area (Å²) in [6, 6.07) is 0.253. The first-order valence-corrected chi connectivity index (χ1v) is 9.83. The summed E-state index contributed by atoms with van der Waals surface area (Å²) in [6.45, 7) is 4.12. The molecule has 4 aliphatic carbocycles. The van der Waals surface area contributed by atoms with E-state index >= 15 is 0 Å². The van der Waals surface area contributed by atoms with Crippen molar-refractivity contribution in [2.75, 3.05) is 6.61 Å². The Balaban J connectivity index is 1.82. The van der Waals surface area contributed by atoms with Crippen LogP contribution in [0, 0.1) is 22.7 Å². The topological polar surface area (TPSA) is 83.5 Å². The molecule has 0 amide bonds. The van der Waals surface area contributed by atoms with Crippen LogP contribution in [-0.4, -0.2) is 34.7 Å². The zero-order valence-electron chi connectivity index (χ0n) is 15.4. The first kappa shape index (κ1) is 17.4. The number of hydrogen-bond acceptors (Lipinski definition) is 4. The first-order chi connectivity index (χ1) is 11.8. The zero-order valence-corrected chi connectivity index (χ0v) is 15.4. The van der Waals surface area contributed by atoms with E-state index in [1.165, 1.54) is 5.57 Å². The summed E-state index contributed by atoms with van der Waals surface area (Å²) in [5.74, 6) is -0.0448. The van der Waals surface area contributed by atoms with Gasteiger partial charge in [-0.25, -0.2) is 0 Å². The van der Waals surface area contributed by atoms with Crippen LogP contribution in [0.25, 0.3) is 0 Å². The number of aliphatic hydroxyl groups is 2. The highest BCUT2D eigenvalue weighted by molar-refractivity contribution is 5.84. The standard InChI is InChI=1S/C21H31NO3/c1-20-8-7-16-14(15(20)5-6-19(20)22)4-3-12-9-13(24)10-17(18(25)11-23)21(12,16)2/h9,13,16-17,19,23-24H,3-8,10-11,22H2,1-2H3/t13?,16-,17?,19?,20+,21+/m1/s1. The normalized spacial score (nSPS) is 46.2. The van der Waals surface area contributed by atoms with Crippen molar-refractivity contribution >= 4 is 5.78 Å². The van der Waals surface area contributed by atoms with Gasteiger partial charge in [0.1, 0.15) is 6.61 Å². The highest BCUT2D eigenvalue weighted by Crippen LogP contribution is 2.63. The van der Waals surface area contributed by atoms with Crippen LogP contribution in [0.5, 0.6) is 0 Å². The van der Waals surface area contributed by atoms with Gasteiger partial charge in [0.2, 0.25) is 0 Å². The highest BCUT2D eigenvalue weighted by Gasteiger charge is 2.56. The fraction of sp³-hybridized carbons (Fsp3) is 0.762. The van der Waals surface area contributed by atoms with E-state index in [4.69, 9.17) is 5.73 Å². The minimum Gasteiger partial charge on any atom is -0.389 e. The summed E-state index contributed by atoms with van der Waals surface area (Å²) >= 11 is 0. The van der Waals surface area contributed by atoms with Gasteiger partial charge < -0.3 is 15.9 Å². The second-order valence-electron chi connectivity index (χ2n) is 9.11. The largest absolute Gasteiger partial charge is 0.389 e. The van der Waals surface area contributed by atoms with E-state index in [0.717, 1.165) is 38.5 Å².